The van der Waals surface area contributed by atoms with E-state index in [2.05, 4.69) is 59.9 Å². The van der Waals surface area contributed by atoms with E-state index in [9.17, 15) is 0 Å². The fourth-order valence-electron chi connectivity index (χ4n) is 1.43. The van der Waals surface area contributed by atoms with Gasteiger partial charge in [-0.2, -0.15) is 0 Å². The van der Waals surface area contributed by atoms with Crippen molar-refractivity contribution in [2.24, 2.45) is 0 Å². The van der Waals surface area contributed by atoms with Crippen molar-refractivity contribution in [1.82, 2.24) is 0 Å². The molecule has 0 heterocycles. The van der Waals surface area contributed by atoms with Gasteiger partial charge >= 0.3 is 0 Å². The van der Waals surface area contributed by atoms with Crippen LogP contribution >= 0.6 is 27.5 Å². The van der Waals surface area contributed by atoms with Crippen LogP contribution in [0.15, 0.2) is 22.7 Å². The van der Waals surface area contributed by atoms with Crippen molar-refractivity contribution < 1.29 is 0 Å². The van der Waals surface area contributed by atoms with Crippen LogP contribution in [-0.4, -0.2) is 13.1 Å². The van der Waals surface area contributed by atoms with Crippen LogP contribution in [0.2, 0.25) is 0 Å². The van der Waals surface area contributed by atoms with Crippen molar-refractivity contribution in [2.45, 2.75) is 32.2 Å². The number of hydrogen-bond donors (Lipinski definition) is 0. The summed E-state index contributed by atoms with van der Waals surface area (Å²) in [6, 6.07) is 6.82. The van der Waals surface area contributed by atoms with E-state index in [1.807, 2.05) is 0 Å². The van der Waals surface area contributed by atoms with Crippen LogP contribution in [0.5, 0.6) is 0 Å². The number of benzene rings is 1. The lowest BCUT2D eigenvalue weighted by atomic mass is 10.1. The Kier molecular flexibility index (Phi) is 4.94. The SMILES string of the molecule is CCC(C)N(C)c1ccc(CCl)cc1Br. The molecule has 0 aliphatic heterocycles. The average Bonchev–Trinajstić information content (AvgIpc) is 2.26. The standard InChI is InChI=1S/C12H17BrClN/c1-4-9(2)15(3)12-6-5-10(8-14)7-11(12)13/h5-7,9H,4,8H2,1-3H3. The van der Waals surface area contributed by atoms with Crippen LogP contribution in [-0.2, 0) is 5.88 Å². The van der Waals surface area contributed by atoms with Crippen LogP contribution in [0.4, 0.5) is 5.69 Å². The van der Waals surface area contributed by atoms with Crippen molar-refractivity contribution >= 4 is 33.2 Å². The Morgan fingerprint density at radius 2 is 2.13 bits per heavy atom. The van der Waals surface area contributed by atoms with E-state index in [1.165, 1.54) is 5.69 Å². The Morgan fingerprint density at radius 3 is 2.60 bits per heavy atom. The molecule has 1 nitrogen and oxygen atoms in total. The highest BCUT2D eigenvalue weighted by Gasteiger charge is 2.11. The first-order valence-electron chi connectivity index (χ1n) is 5.17. The minimum absolute atomic E-state index is 0.545. The zero-order chi connectivity index (χ0) is 11.4. The van der Waals surface area contributed by atoms with Crippen molar-refractivity contribution in [1.29, 1.82) is 0 Å². The Bertz CT molecular complexity index is 327. The molecule has 1 aromatic rings. The fraction of sp³-hybridized carbons (Fsp3) is 0.500. The summed E-state index contributed by atoms with van der Waals surface area (Å²) >= 11 is 9.37. The number of alkyl halides is 1. The topological polar surface area (TPSA) is 3.24 Å². The predicted octanol–water partition coefficient (Wildman–Crippen LogP) is 4.42. The van der Waals surface area contributed by atoms with Crippen LogP contribution in [0.3, 0.4) is 0 Å². The van der Waals surface area contributed by atoms with Crippen molar-refractivity contribution in [3.8, 4) is 0 Å². The summed E-state index contributed by atoms with van der Waals surface area (Å²) in [5.74, 6) is 0.561. The molecule has 0 fully saturated rings. The number of anilines is 1. The van der Waals surface area contributed by atoms with E-state index in [4.69, 9.17) is 11.6 Å². The lowest BCUT2D eigenvalue weighted by Crippen LogP contribution is -2.28. The third-order valence-corrected chi connectivity index (χ3v) is 3.74. The highest BCUT2D eigenvalue weighted by Crippen LogP contribution is 2.28. The highest BCUT2D eigenvalue weighted by molar-refractivity contribution is 9.10. The van der Waals surface area contributed by atoms with Crippen LogP contribution in [0.25, 0.3) is 0 Å². The summed E-state index contributed by atoms with van der Waals surface area (Å²) < 4.78 is 1.11. The summed E-state index contributed by atoms with van der Waals surface area (Å²) in [5, 5.41) is 0. The molecule has 1 unspecified atom stereocenters. The number of rotatable bonds is 4. The highest BCUT2D eigenvalue weighted by atomic mass is 79.9. The van der Waals surface area contributed by atoms with Gasteiger partial charge in [-0.15, -0.1) is 11.6 Å². The van der Waals surface area contributed by atoms with Gasteiger partial charge in [0.05, 0.1) is 5.69 Å². The summed E-state index contributed by atoms with van der Waals surface area (Å²) in [6.07, 6.45) is 1.14. The molecule has 0 saturated heterocycles. The van der Waals surface area contributed by atoms with Gasteiger partial charge in [-0.1, -0.05) is 13.0 Å². The molecule has 3 heteroatoms. The first kappa shape index (κ1) is 12.9. The monoisotopic (exact) mass is 289 g/mol. The third kappa shape index (κ3) is 3.12. The van der Waals surface area contributed by atoms with E-state index in [-0.39, 0.29) is 0 Å². The van der Waals surface area contributed by atoms with E-state index in [0.717, 1.165) is 16.5 Å². The molecule has 0 radical (unpaired) electrons. The zero-order valence-electron chi connectivity index (χ0n) is 9.43. The molecule has 15 heavy (non-hydrogen) atoms. The van der Waals surface area contributed by atoms with E-state index in [1.54, 1.807) is 0 Å². The predicted molar refractivity (Wildman–Crippen MR) is 71.9 cm³/mol. The van der Waals surface area contributed by atoms with Gasteiger partial charge in [0.1, 0.15) is 0 Å². The maximum atomic E-state index is 5.79. The van der Waals surface area contributed by atoms with E-state index in [0.29, 0.717) is 11.9 Å². The first-order chi connectivity index (χ1) is 7.10. The maximum Gasteiger partial charge on any atom is 0.0510 e. The Morgan fingerprint density at radius 1 is 1.47 bits per heavy atom. The molecular weight excluding hydrogens is 273 g/mol. The molecule has 0 spiro atoms. The molecule has 0 N–H and O–H groups in total. The lowest BCUT2D eigenvalue weighted by Gasteiger charge is -2.27. The van der Waals surface area contributed by atoms with Gasteiger partial charge < -0.3 is 4.90 Å². The lowest BCUT2D eigenvalue weighted by molar-refractivity contribution is 0.663. The number of halogens is 2. The van der Waals surface area contributed by atoms with Gasteiger partial charge in [-0.05, 0) is 47.0 Å². The Balaban J connectivity index is 2.95. The number of hydrogen-bond acceptors (Lipinski definition) is 1. The zero-order valence-corrected chi connectivity index (χ0v) is 11.8. The summed E-state index contributed by atoms with van der Waals surface area (Å²) in [5.41, 5.74) is 2.36. The Hall–Kier alpha value is -0.210. The van der Waals surface area contributed by atoms with Gasteiger partial charge in [0.2, 0.25) is 0 Å². The molecule has 1 aromatic carbocycles. The second-order valence-corrected chi connectivity index (χ2v) is 4.91. The molecule has 1 atom stereocenters. The molecule has 0 aliphatic carbocycles. The number of nitrogens with zero attached hydrogens (tertiary/aromatic N) is 1. The fourth-order valence-corrected chi connectivity index (χ4v) is 2.30. The molecule has 0 saturated carbocycles. The van der Waals surface area contributed by atoms with Crippen LogP contribution in [0, 0.1) is 0 Å². The van der Waals surface area contributed by atoms with Crippen LogP contribution in [0.1, 0.15) is 25.8 Å². The van der Waals surface area contributed by atoms with Crippen molar-refractivity contribution in [2.75, 3.05) is 11.9 Å². The smallest absolute Gasteiger partial charge is 0.0510 e. The van der Waals surface area contributed by atoms with Gasteiger partial charge in [0.15, 0.2) is 0 Å². The molecule has 0 bridgehead atoms. The minimum atomic E-state index is 0.545. The Labute approximate surface area is 106 Å². The quantitative estimate of drug-likeness (QED) is 0.742. The van der Waals surface area contributed by atoms with Gasteiger partial charge in [-0.3, -0.25) is 0 Å². The molecule has 84 valence electrons. The second kappa shape index (κ2) is 5.76. The van der Waals surface area contributed by atoms with Gasteiger partial charge in [0.25, 0.3) is 0 Å². The van der Waals surface area contributed by atoms with E-state index >= 15 is 0 Å². The van der Waals surface area contributed by atoms with Crippen LogP contribution < -0.4 is 4.90 Å². The molecule has 0 aliphatic rings. The molecule has 1 rings (SSSR count). The van der Waals surface area contributed by atoms with E-state index < -0.39 is 0 Å². The minimum Gasteiger partial charge on any atom is -0.371 e. The summed E-state index contributed by atoms with van der Waals surface area (Å²) in [7, 11) is 2.12. The normalized spacial score (nSPS) is 12.6. The van der Waals surface area contributed by atoms with Gasteiger partial charge in [0, 0.05) is 23.4 Å². The summed E-state index contributed by atoms with van der Waals surface area (Å²) in [4.78, 5) is 2.28. The van der Waals surface area contributed by atoms with Gasteiger partial charge in [-0.25, -0.2) is 0 Å². The molecular formula is C12H17BrClN. The maximum absolute atomic E-state index is 5.79. The summed E-state index contributed by atoms with van der Waals surface area (Å²) in [6.45, 7) is 4.42. The molecule has 0 amide bonds. The first-order valence-corrected chi connectivity index (χ1v) is 6.50. The largest absolute Gasteiger partial charge is 0.371 e. The van der Waals surface area contributed by atoms with Crippen molar-refractivity contribution in [3.63, 3.8) is 0 Å². The van der Waals surface area contributed by atoms with Crippen molar-refractivity contribution in [3.05, 3.63) is 28.2 Å². The molecule has 0 aromatic heterocycles. The third-order valence-electron chi connectivity index (χ3n) is 2.80. The second-order valence-electron chi connectivity index (χ2n) is 3.79. The average molecular weight is 291 g/mol.